The molecule has 0 bridgehead atoms. The summed E-state index contributed by atoms with van der Waals surface area (Å²) in [6, 6.07) is 4.18. The molecule has 1 aliphatic heterocycles. The van der Waals surface area contributed by atoms with Crippen LogP contribution in [0.3, 0.4) is 0 Å². The summed E-state index contributed by atoms with van der Waals surface area (Å²) < 4.78 is 41.4. The van der Waals surface area contributed by atoms with Gasteiger partial charge < -0.3 is 19.1 Å². The fourth-order valence-electron chi connectivity index (χ4n) is 2.74. The molecule has 29 heavy (non-hydrogen) atoms. The van der Waals surface area contributed by atoms with Gasteiger partial charge >= 0.3 is 11.9 Å². The van der Waals surface area contributed by atoms with Crippen LogP contribution >= 0.6 is 0 Å². The number of methoxy groups -OCH3 is 2. The van der Waals surface area contributed by atoms with Gasteiger partial charge in [0.05, 0.1) is 32.3 Å². The number of amides is 1. The van der Waals surface area contributed by atoms with E-state index in [1.807, 2.05) is 0 Å². The highest BCUT2D eigenvalue weighted by molar-refractivity contribution is 7.89. The molecule has 11 heteroatoms. The summed E-state index contributed by atoms with van der Waals surface area (Å²) in [4.78, 5) is 37.2. The third-order valence-corrected chi connectivity index (χ3v) is 6.32. The van der Waals surface area contributed by atoms with E-state index in [1.165, 1.54) is 22.5 Å². The molecule has 2 rings (SSSR count). The van der Waals surface area contributed by atoms with Gasteiger partial charge in [-0.2, -0.15) is 4.31 Å². The van der Waals surface area contributed by atoms with Crippen molar-refractivity contribution < 1.29 is 37.0 Å². The van der Waals surface area contributed by atoms with Crippen LogP contribution in [-0.4, -0.2) is 89.1 Å². The Hall–Kier alpha value is -2.50. The van der Waals surface area contributed by atoms with Crippen LogP contribution in [0.5, 0.6) is 0 Å². The van der Waals surface area contributed by atoms with Gasteiger partial charge in [-0.1, -0.05) is 6.07 Å². The lowest BCUT2D eigenvalue weighted by Crippen LogP contribution is -2.41. The van der Waals surface area contributed by atoms with Gasteiger partial charge in [-0.25, -0.2) is 8.42 Å². The van der Waals surface area contributed by atoms with Crippen molar-refractivity contribution in [1.29, 1.82) is 0 Å². The molecule has 0 aliphatic carbocycles. The summed E-state index contributed by atoms with van der Waals surface area (Å²) in [5, 5.41) is 0. The fraction of sp³-hybridized carbons (Fsp3) is 0.500. The number of hydrogen-bond donors (Lipinski definition) is 0. The average molecular weight is 428 g/mol. The van der Waals surface area contributed by atoms with Crippen LogP contribution in [0.1, 0.15) is 15.9 Å². The van der Waals surface area contributed by atoms with Crippen molar-refractivity contribution in [1.82, 2.24) is 9.21 Å². The number of carbonyl (C=O) groups excluding carboxylic acids is 3. The smallest absolute Gasteiger partial charge is 0.325 e. The van der Waals surface area contributed by atoms with Crippen LogP contribution in [0.4, 0.5) is 0 Å². The molecule has 1 aliphatic rings. The van der Waals surface area contributed by atoms with Gasteiger partial charge in [0.25, 0.3) is 5.91 Å². The Kier molecular flexibility index (Phi) is 7.71. The van der Waals surface area contributed by atoms with Crippen LogP contribution in [0.15, 0.2) is 23.1 Å². The van der Waals surface area contributed by atoms with Crippen molar-refractivity contribution in [2.24, 2.45) is 0 Å². The lowest BCUT2D eigenvalue weighted by Gasteiger charge is -2.26. The average Bonchev–Trinajstić information content (AvgIpc) is 2.73. The first-order chi connectivity index (χ1) is 13.7. The van der Waals surface area contributed by atoms with Gasteiger partial charge in [0.15, 0.2) is 0 Å². The maximum Gasteiger partial charge on any atom is 0.325 e. The first-order valence-corrected chi connectivity index (χ1v) is 10.3. The molecule has 0 saturated carbocycles. The van der Waals surface area contributed by atoms with Crippen molar-refractivity contribution in [2.75, 3.05) is 53.6 Å². The van der Waals surface area contributed by atoms with Crippen molar-refractivity contribution in [3.63, 3.8) is 0 Å². The first kappa shape index (κ1) is 22.8. The van der Waals surface area contributed by atoms with Gasteiger partial charge in [0.1, 0.15) is 13.1 Å². The number of ether oxygens (including phenoxy) is 3. The number of carbonyl (C=O) groups is 3. The molecule has 0 radical (unpaired) electrons. The second-order valence-electron chi connectivity index (χ2n) is 6.31. The molecule has 0 unspecified atom stereocenters. The summed E-state index contributed by atoms with van der Waals surface area (Å²) >= 11 is 0. The van der Waals surface area contributed by atoms with Gasteiger partial charge in [-0.15, -0.1) is 0 Å². The number of morpholine rings is 1. The zero-order valence-corrected chi connectivity index (χ0v) is 17.4. The van der Waals surface area contributed by atoms with E-state index in [0.29, 0.717) is 18.8 Å². The van der Waals surface area contributed by atoms with Crippen LogP contribution in [-0.2, 0) is 33.8 Å². The summed E-state index contributed by atoms with van der Waals surface area (Å²) in [5.74, 6) is -2.13. The highest BCUT2D eigenvalue weighted by Gasteiger charge is 2.29. The van der Waals surface area contributed by atoms with E-state index in [1.54, 1.807) is 6.92 Å². The Morgan fingerprint density at radius 1 is 1.07 bits per heavy atom. The largest absolute Gasteiger partial charge is 0.468 e. The van der Waals surface area contributed by atoms with E-state index < -0.39 is 41.0 Å². The van der Waals surface area contributed by atoms with Crippen molar-refractivity contribution in [2.45, 2.75) is 11.8 Å². The summed E-state index contributed by atoms with van der Waals surface area (Å²) in [7, 11) is -1.50. The summed E-state index contributed by atoms with van der Waals surface area (Å²) in [6.07, 6.45) is 0. The third kappa shape index (κ3) is 5.52. The van der Waals surface area contributed by atoms with Gasteiger partial charge in [-0.05, 0) is 24.6 Å². The molecular formula is C18H24N2O8S. The Labute approximate surface area is 169 Å². The molecule has 1 aromatic carbocycles. The molecular weight excluding hydrogens is 404 g/mol. The van der Waals surface area contributed by atoms with Crippen LogP contribution in [0, 0.1) is 6.92 Å². The summed E-state index contributed by atoms with van der Waals surface area (Å²) in [5.41, 5.74) is 0.558. The van der Waals surface area contributed by atoms with Crippen LogP contribution in [0.25, 0.3) is 0 Å². The van der Waals surface area contributed by atoms with Crippen molar-refractivity contribution in [3.8, 4) is 0 Å². The molecule has 10 nitrogen and oxygen atoms in total. The van der Waals surface area contributed by atoms with E-state index in [0.717, 1.165) is 19.1 Å². The molecule has 0 atom stereocenters. The van der Waals surface area contributed by atoms with Crippen molar-refractivity contribution >= 4 is 27.9 Å². The normalized spacial score (nSPS) is 14.9. The predicted molar refractivity (Wildman–Crippen MR) is 101 cm³/mol. The lowest BCUT2D eigenvalue weighted by atomic mass is 10.1. The number of esters is 2. The minimum Gasteiger partial charge on any atom is -0.468 e. The van der Waals surface area contributed by atoms with E-state index in [4.69, 9.17) is 4.74 Å². The van der Waals surface area contributed by atoms with Gasteiger partial charge in [-0.3, -0.25) is 14.4 Å². The maximum atomic E-state index is 13.0. The SMILES string of the molecule is COC(=O)CN(CC(=O)OC)C(=O)c1cc(S(=O)(=O)N2CCOCC2)ccc1C. The Balaban J connectivity index is 2.38. The first-order valence-electron chi connectivity index (χ1n) is 8.82. The topological polar surface area (TPSA) is 120 Å². The standard InChI is InChI=1S/C18H24N2O8S/c1-13-4-5-14(29(24,25)20-6-8-28-9-7-20)10-15(13)18(23)19(11-16(21)26-2)12-17(22)27-3/h4-5,10H,6-9,11-12H2,1-3H3. The van der Waals surface area contributed by atoms with E-state index in [9.17, 15) is 22.8 Å². The zero-order valence-electron chi connectivity index (χ0n) is 16.5. The van der Waals surface area contributed by atoms with Gasteiger partial charge in [0, 0.05) is 18.7 Å². The number of aryl methyl sites for hydroxylation is 1. The minimum absolute atomic E-state index is 0.0514. The quantitative estimate of drug-likeness (QED) is 0.548. The molecule has 0 N–H and O–H groups in total. The molecule has 0 aromatic heterocycles. The third-order valence-electron chi connectivity index (χ3n) is 4.43. The van der Waals surface area contributed by atoms with E-state index >= 15 is 0 Å². The van der Waals surface area contributed by atoms with Crippen molar-refractivity contribution in [3.05, 3.63) is 29.3 Å². The van der Waals surface area contributed by atoms with Gasteiger partial charge in [0.2, 0.25) is 10.0 Å². The lowest BCUT2D eigenvalue weighted by molar-refractivity contribution is -0.144. The van der Waals surface area contributed by atoms with E-state index in [-0.39, 0.29) is 23.5 Å². The van der Waals surface area contributed by atoms with Crippen LogP contribution in [0.2, 0.25) is 0 Å². The molecule has 1 amide bonds. The number of hydrogen-bond acceptors (Lipinski definition) is 8. The molecule has 1 aromatic rings. The second-order valence-corrected chi connectivity index (χ2v) is 8.24. The predicted octanol–water partition coefficient (Wildman–Crippen LogP) is -0.196. The Morgan fingerprint density at radius 3 is 2.14 bits per heavy atom. The molecule has 1 saturated heterocycles. The number of benzene rings is 1. The fourth-order valence-corrected chi connectivity index (χ4v) is 4.17. The number of nitrogens with zero attached hydrogens (tertiary/aromatic N) is 2. The second kappa shape index (κ2) is 9.81. The number of rotatable bonds is 7. The molecule has 160 valence electrons. The zero-order chi connectivity index (χ0) is 21.6. The Morgan fingerprint density at radius 2 is 1.62 bits per heavy atom. The molecule has 1 fully saturated rings. The molecule has 1 heterocycles. The Bertz CT molecular complexity index is 860. The van der Waals surface area contributed by atoms with E-state index in [2.05, 4.69) is 9.47 Å². The minimum atomic E-state index is -3.82. The van der Waals surface area contributed by atoms with Crippen LogP contribution < -0.4 is 0 Å². The monoisotopic (exact) mass is 428 g/mol. The highest BCUT2D eigenvalue weighted by atomic mass is 32.2. The number of sulfonamides is 1. The maximum absolute atomic E-state index is 13.0. The highest BCUT2D eigenvalue weighted by Crippen LogP contribution is 2.22. The molecule has 0 spiro atoms. The summed E-state index contributed by atoms with van der Waals surface area (Å²) in [6.45, 7) is 1.69.